The van der Waals surface area contributed by atoms with Gasteiger partial charge in [-0.25, -0.2) is 13.2 Å². The number of hydrogen-bond donors (Lipinski definition) is 2. The van der Waals surface area contributed by atoms with Gasteiger partial charge >= 0.3 is 6.01 Å². The van der Waals surface area contributed by atoms with Gasteiger partial charge in [0.1, 0.15) is 29.9 Å². The third-order valence-electron chi connectivity index (χ3n) is 9.66. The predicted molar refractivity (Wildman–Crippen MR) is 165 cm³/mol. The van der Waals surface area contributed by atoms with Gasteiger partial charge in [0.25, 0.3) is 0 Å². The standard InChI is InChI=1S/C34H31F3N6O/c1-2-24-28(36)9-4-19-12-21(38)13-27(29(19)24)25-7-8-26-31(30(25)37)40-33(41-32(26)42-16-22-5-6-23(17-42)39-22)44-18-34-10-3-11-43(34)15-20(35)14-34/h1,4-9,12-13,20,22-23,39H,3,10-11,14-18,38H2. The van der Waals surface area contributed by atoms with Crippen molar-refractivity contribution < 1.29 is 17.9 Å². The summed E-state index contributed by atoms with van der Waals surface area (Å²) in [6, 6.07) is 9.93. The highest BCUT2D eigenvalue weighted by atomic mass is 19.1. The number of nitrogens with one attached hydrogen (secondary N) is 1. The lowest BCUT2D eigenvalue weighted by Crippen LogP contribution is -2.52. The van der Waals surface area contributed by atoms with Crippen molar-refractivity contribution in [2.75, 3.05) is 43.4 Å². The van der Waals surface area contributed by atoms with Gasteiger partial charge < -0.3 is 20.7 Å². The van der Waals surface area contributed by atoms with Gasteiger partial charge in [-0.15, -0.1) is 6.42 Å². The zero-order chi connectivity index (χ0) is 30.2. The Morgan fingerprint density at radius 1 is 1.07 bits per heavy atom. The van der Waals surface area contributed by atoms with E-state index >= 15 is 4.39 Å². The first-order valence-corrected chi connectivity index (χ1v) is 15.0. The van der Waals surface area contributed by atoms with Crippen LogP contribution in [0.3, 0.4) is 0 Å². The number of alkyl halides is 1. The van der Waals surface area contributed by atoms with E-state index < -0.39 is 23.3 Å². The van der Waals surface area contributed by atoms with Crippen LogP contribution in [0.1, 0.15) is 24.8 Å². The summed E-state index contributed by atoms with van der Waals surface area (Å²) in [7, 11) is 0. The molecule has 4 atom stereocenters. The number of rotatable bonds is 5. The molecular formula is C34H31F3N6O. The van der Waals surface area contributed by atoms with Crippen molar-refractivity contribution in [3.63, 3.8) is 0 Å². The van der Waals surface area contributed by atoms with Crippen molar-refractivity contribution in [2.24, 2.45) is 0 Å². The highest BCUT2D eigenvalue weighted by Gasteiger charge is 2.49. The van der Waals surface area contributed by atoms with Gasteiger partial charge in [0.2, 0.25) is 0 Å². The van der Waals surface area contributed by atoms with Crippen molar-refractivity contribution in [1.82, 2.24) is 20.2 Å². The van der Waals surface area contributed by atoms with Crippen molar-refractivity contribution in [3.05, 3.63) is 65.7 Å². The summed E-state index contributed by atoms with van der Waals surface area (Å²) >= 11 is 0. The number of terminal acetylenes is 1. The number of piperazine rings is 1. The largest absolute Gasteiger partial charge is 0.461 e. The van der Waals surface area contributed by atoms with E-state index in [1.807, 2.05) is 0 Å². The van der Waals surface area contributed by atoms with Crippen LogP contribution in [0.4, 0.5) is 24.7 Å². The molecule has 8 rings (SSSR count). The van der Waals surface area contributed by atoms with Crippen molar-refractivity contribution in [2.45, 2.75) is 43.1 Å². The molecule has 44 heavy (non-hydrogen) atoms. The van der Waals surface area contributed by atoms with E-state index in [4.69, 9.17) is 21.9 Å². The fraction of sp³-hybridized carbons (Fsp3) is 0.353. The van der Waals surface area contributed by atoms with E-state index in [-0.39, 0.29) is 41.3 Å². The van der Waals surface area contributed by atoms with Gasteiger partial charge in [0, 0.05) is 60.2 Å². The Morgan fingerprint density at radius 2 is 1.89 bits per heavy atom. The molecule has 224 valence electrons. The quantitative estimate of drug-likeness (QED) is 0.192. The lowest BCUT2D eigenvalue weighted by Gasteiger charge is -2.35. The molecule has 1 aromatic heterocycles. The van der Waals surface area contributed by atoms with E-state index in [9.17, 15) is 8.78 Å². The van der Waals surface area contributed by atoms with Crippen molar-refractivity contribution >= 4 is 33.2 Å². The Bertz CT molecular complexity index is 1890. The van der Waals surface area contributed by atoms with Gasteiger partial charge in [-0.05, 0) is 54.6 Å². The summed E-state index contributed by atoms with van der Waals surface area (Å²) in [5, 5.41) is 5.06. The van der Waals surface area contributed by atoms with Gasteiger partial charge in [-0.2, -0.15) is 9.97 Å². The number of nitrogen functional groups attached to an aromatic ring is 1. The van der Waals surface area contributed by atoms with Crippen molar-refractivity contribution in [3.8, 4) is 29.5 Å². The van der Waals surface area contributed by atoms with Gasteiger partial charge in [0.15, 0.2) is 5.82 Å². The third kappa shape index (κ3) is 4.29. The first-order valence-electron chi connectivity index (χ1n) is 15.0. The molecule has 7 nitrogen and oxygen atoms in total. The Labute approximate surface area is 252 Å². The molecule has 3 aromatic carbocycles. The molecule has 0 spiro atoms. The minimum absolute atomic E-state index is 0.0382. The van der Waals surface area contributed by atoms with Gasteiger partial charge in [0.05, 0.1) is 11.1 Å². The van der Waals surface area contributed by atoms with E-state index in [0.29, 0.717) is 59.3 Å². The number of halogens is 3. The average Bonchev–Trinajstić information content (AvgIpc) is 3.66. The summed E-state index contributed by atoms with van der Waals surface area (Å²) in [5.41, 5.74) is 6.87. The SMILES string of the molecule is C#Cc1c(F)ccc2cc(N)cc(-c3ccc4c(N5CC6C=CC(C5)N6)nc(OCC56CCCN5CC(F)C6)nc4c3F)c12. The summed E-state index contributed by atoms with van der Waals surface area (Å²) < 4.78 is 52.3. The maximum absolute atomic E-state index is 16.8. The third-order valence-corrected chi connectivity index (χ3v) is 9.66. The average molecular weight is 597 g/mol. The van der Waals surface area contributed by atoms with Crippen LogP contribution >= 0.6 is 0 Å². The van der Waals surface area contributed by atoms with Crippen LogP contribution in [-0.2, 0) is 0 Å². The molecule has 4 aliphatic rings. The molecule has 3 saturated heterocycles. The zero-order valence-corrected chi connectivity index (χ0v) is 24.0. The number of benzene rings is 3. The highest BCUT2D eigenvalue weighted by molar-refractivity contribution is 6.04. The molecule has 4 aromatic rings. The highest BCUT2D eigenvalue weighted by Crippen LogP contribution is 2.42. The van der Waals surface area contributed by atoms with Crippen LogP contribution in [-0.4, -0.2) is 71.4 Å². The number of nitrogens with zero attached hydrogens (tertiary/aromatic N) is 4. The number of anilines is 2. The van der Waals surface area contributed by atoms with Crippen LogP contribution < -0.4 is 20.7 Å². The number of hydrogen-bond acceptors (Lipinski definition) is 7. The van der Waals surface area contributed by atoms with Crippen LogP contribution in [0.15, 0.2) is 48.6 Å². The molecule has 0 aliphatic carbocycles. The second-order valence-electron chi connectivity index (χ2n) is 12.4. The van der Waals surface area contributed by atoms with Gasteiger partial charge in [-0.1, -0.05) is 30.2 Å². The van der Waals surface area contributed by atoms with Gasteiger partial charge in [-0.3, -0.25) is 4.90 Å². The summed E-state index contributed by atoms with van der Waals surface area (Å²) in [5.74, 6) is 1.81. The van der Waals surface area contributed by atoms with E-state index in [1.54, 1.807) is 30.3 Å². The lowest BCUT2D eigenvalue weighted by molar-refractivity contribution is 0.107. The fourth-order valence-electron chi connectivity index (χ4n) is 7.71. The number of ether oxygens (including phenoxy) is 1. The Hall–Kier alpha value is -4.33. The zero-order valence-electron chi connectivity index (χ0n) is 24.0. The summed E-state index contributed by atoms with van der Waals surface area (Å²) in [6.07, 6.45) is 11.3. The molecular weight excluding hydrogens is 565 g/mol. The lowest BCUT2D eigenvalue weighted by atomic mass is 9.92. The van der Waals surface area contributed by atoms with Crippen molar-refractivity contribution in [1.29, 1.82) is 0 Å². The maximum atomic E-state index is 16.8. The normalized spacial score (nSPS) is 26.0. The number of nitrogens with two attached hydrogens (primary N) is 1. The second-order valence-corrected chi connectivity index (χ2v) is 12.4. The molecule has 10 heteroatoms. The molecule has 0 amide bonds. The number of aromatic nitrogens is 2. The Kier molecular flexibility index (Phi) is 6.26. The molecule has 5 heterocycles. The first-order chi connectivity index (χ1) is 21.3. The molecule has 0 radical (unpaired) electrons. The fourth-order valence-corrected chi connectivity index (χ4v) is 7.71. The molecule has 3 fully saturated rings. The van der Waals surface area contributed by atoms with Crippen LogP contribution in [0.2, 0.25) is 0 Å². The monoisotopic (exact) mass is 596 g/mol. The summed E-state index contributed by atoms with van der Waals surface area (Å²) in [4.78, 5) is 13.7. The van der Waals surface area contributed by atoms with E-state index in [1.165, 1.54) is 6.07 Å². The Balaban J connectivity index is 1.28. The van der Waals surface area contributed by atoms with Crippen LogP contribution in [0.5, 0.6) is 6.01 Å². The summed E-state index contributed by atoms with van der Waals surface area (Å²) in [6.45, 7) is 2.74. The topological polar surface area (TPSA) is 79.5 Å². The smallest absolute Gasteiger partial charge is 0.319 e. The molecule has 4 unspecified atom stereocenters. The molecule has 4 aliphatic heterocycles. The van der Waals surface area contributed by atoms with E-state index in [0.717, 1.165) is 19.4 Å². The molecule has 2 bridgehead atoms. The maximum Gasteiger partial charge on any atom is 0.319 e. The minimum atomic E-state index is -0.901. The van der Waals surface area contributed by atoms with E-state index in [2.05, 4.69) is 38.2 Å². The van der Waals surface area contributed by atoms with Crippen LogP contribution in [0.25, 0.3) is 32.8 Å². The molecule has 3 N–H and O–H groups in total. The predicted octanol–water partition coefficient (Wildman–Crippen LogP) is 4.96. The molecule has 0 saturated carbocycles. The Morgan fingerprint density at radius 3 is 2.68 bits per heavy atom. The number of fused-ring (bicyclic) bond motifs is 5. The first kappa shape index (κ1) is 27.2. The minimum Gasteiger partial charge on any atom is -0.461 e. The second kappa shape index (κ2) is 10.1. The van der Waals surface area contributed by atoms with Crippen LogP contribution in [0, 0.1) is 24.0 Å².